The summed E-state index contributed by atoms with van der Waals surface area (Å²) < 4.78 is 6.00. The van der Waals surface area contributed by atoms with Crippen LogP contribution in [-0.4, -0.2) is 28.7 Å². The fourth-order valence-corrected chi connectivity index (χ4v) is 4.44. The van der Waals surface area contributed by atoms with Crippen molar-refractivity contribution in [3.63, 3.8) is 0 Å². The molecule has 0 spiro atoms. The molecule has 0 aromatic heterocycles. The highest BCUT2D eigenvalue weighted by Gasteiger charge is 2.38. The lowest BCUT2D eigenvalue weighted by molar-refractivity contribution is -0.122. The van der Waals surface area contributed by atoms with E-state index in [1.54, 1.807) is 0 Å². The number of phenolic OH excluding ortho intramolecular Hbond substituents is 1. The SMILES string of the molecule is CC(O)CCCCC(C)(C)c1cc(O)c2c(c1)OC[C@H]1CCC(=O)C[C@@H]21. The van der Waals surface area contributed by atoms with Gasteiger partial charge in [0.25, 0.3) is 0 Å². The predicted octanol–water partition coefficient (Wildman–Crippen LogP) is 4.46. The summed E-state index contributed by atoms with van der Waals surface area (Å²) in [6, 6.07) is 3.94. The number of fused-ring (bicyclic) bond motifs is 3. The number of aliphatic hydroxyl groups is 1. The normalized spacial score (nSPS) is 23.8. The van der Waals surface area contributed by atoms with Crippen molar-refractivity contribution < 1.29 is 19.7 Å². The molecule has 1 saturated carbocycles. The summed E-state index contributed by atoms with van der Waals surface area (Å²) in [5.41, 5.74) is 1.84. The van der Waals surface area contributed by atoms with Gasteiger partial charge in [-0.25, -0.2) is 0 Å². The molecule has 1 aromatic rings. The average Bonchev–Trinajstić information content (AvgIpc) is 2.58. The highest BCUT2D eigenvalue weighted by atomic mass is 16.5. The van der Waals surface area contributed by atoms with E-state index in [0.717, 1.165) is 49.0 Å². The molecule has 0 saturated heterocycles. The second-order valence-electron chi connectivity index (χ2n) is 8.84. The van der Waals surface area contributed by atoms with Gasteiger partial charge in [0.1, 0.15) is 17.3 Å². The molecule has 0 bridgehead atoms. The molecule has 1 aliphatic carbocycles. The lowest BCUT2D eigenvalue weighted by Gasteiger charge is -2.37. The molecule has 2 N–H and O–H groups in total. The smallest absolute Gasteiger partial charge is 0.133 e. The van der Waals surface area contributed by atoms with E-state index in [1.165, 1.54) is 0 Å². The Hall–Kier alpha value is -1.55. The summed E-state index contributed by atoms with van der Waals surface area (Å²) in [5, 5.41) is 20.2. The van der Waals surface area contributed by atoms with Gasteiger partial charge >= 0.3 is 0 Å². The maximum atomic E-state index is 11.9. The number of ether oxygens (including phenoxy) is 1. The first-order chi connectivity index (χ1) is 12.3. The molecule has 1 aromatic carbocycles. The van der Waals surface area contributed by atoms with Gasteiger partial charge in [0.2, 0.25) is 0 Å². The van der Waals surface area contributed by atoms with Crippen molar-refractivity contribution in [1.82, 2.24) is 0 Å². The third kappa shape index (κ3) is 4.06. The number of unbranched alkanes of at least 4 members (excludes halogenated alkanes) is 1. The average molecular weight is 360 g/mol. The summed E-state index contributed by atoms with van der Waals surface area (Å²) in [6.07, 6.45) is 5.63. The van der Waals surface area contributed by atoms with Crippen LogP contribution in [0.2, 0.25) is 0 Å². The van der Waals surface area contributed by atoms with Crippen molar-refractivity contribution in [3.05, 3.63) is 23.3 Å². The molecular weight excluding hydrogens is 328 g/mol. The van der Waals surface area contributed by atoms with E-state index in [1.807, 2.05) is 13.0 Å². The fraction of sp³-hybridized carbons (Fsp3) is 0.682. The number of hydrogen-bond acceptors (Lipinski definition) is 4. The first-order valence-corrected chi connectivity index (χ1v) is 9.98. The van der Waals surface area contributed by atoms with Crippen molar-refractivity contribution in [3.8, 4) is 11.5 Å². The van der Waals surface area contributed by atoms with Crippen molar-refractivity contribution in [2.45, 2.75) is 83.2 Å². The Kier molecular flexibility index (Phi) is 5.61. The minimum atomic E-state index is -0.245. The largest absolute Gasteiger partial charge is 0.508 e. The van der Waals surface area contributed by atoms with Gasteiger partial charge in [-0.15, -0.1) is 0 Å². The molecule has 2 aliphatic rings. The summed E-state index contributed by atoms with van der Waals surface area (Å²) in [7, 11) is 0. The number of phenols is 1. The van der Waals surface area contributed by atoms with Gasteiger partial charge in [-0.2, -0.15) is 0 Å². The zero-order chi connectivity index (χ0) is 18.9. The zero-order valence-electron chi connectivity index (χ0n) is 16.3. The molecule has 1 fully saturated rings. The third-order valence-corrected chi connectivity index (χ3v) is 6.21. The molecule has 3 rings (SSSR count). The van der Waals surface area contributed by atoms with Crippen molar-refractivity contribution >= 4 is 5.78 Å². The second-order valence-corrected chi connectivity index (χ2v) is 8.84. The Morgan fingerprint density at radius 3 is 2.81 bits per heavy atom. The van der Waals surface area contributed by atoms with E-state index in [9.17, 15) is 15.0 Å². The quantitative estimate of drug-likeness (QED) is 0.735. The molecule has 3 atom stereocenters. The Morgan fingerprint density at radius 2 is 2.08 bits per heavy atom. The number of benzene rings is 1. The molecule has 1 unspecified atom stereocenters. The van der Waals surface area contributed by atoms with Crippen molar-refractivity contribution in [2.75, 3.05) is 6.61 Å². The van der Waals surface area contributed by atoms with E-state index in [2.05, 4.69) is 19.9 Å². The fourth-order valence-electron chi connectivity index (χ4n) is 4.44. The van der Waals surface area contributed by atoms with Crippen LogP contribution in [0.1, 0.15) is 82.8 Å². The zero-order valence-corrected chi connectivity index (χ0v) is 16.3. The van der Waals surface area contributed by atoms with Crippen LogP contribution in [0.15, 0.2) is 12.1 Å². The van der Waals surface area contributed by atoms with Gasteiger partial charge in [0.15, 0.2) is 0 Å². The predicted molar refractivity (Wildman–Crippen MR) is 102 cm³/mol. The third-order valence-electron chi connectivity index (χ3n) is 6.21. The molecule has 1 heterocycles. The number of carbonyl (C=O) groups is 1. The molecule has 4 nitrogen and oxygen atoms in total. The molecule has 0 amide bonds. The molecule has 4 heteroatoms. The van der Waals surface area contributed by atoms with Gasteiger partial charge in [0.05, 0.1) is 12.7 Å². The number of carbonyl (C=O) groups excluding carboxylic acids is 1. The van der Waals surface area contributed by atoms with E-state index in [0.29, 0.717) is 31.1 Å². The minimum Gasteiger partial charge on any atom is -0.508 e. The number of rotatable bonds is 6. The van der Waals surface area contributed by atoms with Crippen LogP contribution in [-0.2, 0) is 10.2 Å². The van der Waals surface area contributed by atoms with E-state index >= 15 is 0 Å². The monoisotopic (exact) mass is 360 g/mol. The van der Waals surface area contributed by atoms with Gasteiger partial charge in [-0.1, -0.05) is 26.7 Å². The molecule has 144 valence electrons. The number of aromatic hydroxyl groups is 1. The summed E-state index contributed by atoms with van der Waals surface area (Å²) in [4.78, 5) is 11.9. The van der Waals surface area contributed by atoms with Gasteiger partial charge in [0, 0.05) is 30.2 Å². The highest BCUT2D eigenvalue weighted by Crippen LogP contribution is 2.49. The molecular formula is C22H32O4. The first-order valence-electron chi connectivity index (χ1n) is 9.98. The van der Waals surface area contributed by atoms with Gasteiger partial charge in [-0.05, 0) is 49.3 Å². The number of aliphatic hydroxyl groups excluding tert-OH is 1. The molecule has 1 aliphatic heterocycles. The van der Waals surface area contributed by atoms with Crippen LogP contribution in [0.3, 0.4) is 0 Å². The Morgan fingerprint density at radius 1 is 1.31 bits per heavy atom. The lowest BCUT2D eigenvalue weighted by Crippen LogP contribution is -2.32. The maximum absolute atomic E-state index is 11.9. The van der Waals surface area contributed by atoms with Crippen LogP contribution in [0.4, 0.5) is 0 Å². The molecule has 0 radical (unpaired) electrons. The summed E-state index contributed by atoms with van der Waals surface area (Å²) in [5.74, 6) is 1.77. The minimum absolute atomic E-state index is 0.0756. The van der Waals surface area contributed by atoms with Crippen molar-refractivity contribution in [2.24, 2.45) is 5.92 Å². The van der Waals surface area contributed by atoms with E-state index < -0.39 is 0 Å². The summed E-state index contributed by atoms with van der Waals surface area (Å²) in [6.45, 7) is 6.84. The van der Waals surface area contributed by atoms with E-state index in [-0.39, 0.29) is 23.2 Å². The van der Waals surface area contributed by atoms with Crippen LogP contribution >= 0.6 is 0 Å². The topological polar surface area (TPSA) is 66.8 Å². The summed E-state index contributed by atoms with van der Waals surface area (Å²) >= 11 is 0. The number of hydrogen-bond donors (Lipinski definition) is 2. The van der Waals surface area contributed by atoms with Crippen molar-refractivity contribution in [1.29, 1.82) is 0 Å². The maximum Gasteiger partial charge on any atom is 0.133 e. The first kappa shape index (κ1) is 19.2. The van der Waals surface area contributed by atoms with Gasteiger partial charge < -0.3 is 14.9 Å². The van der Waals surface area contributed by atoms with Gasteiger partial charge in [-0.3, -0.25) is 4.79 Å². The van der Waals surface area contributed by atoms with E-state index in [4.69, 9.17) is 4.74 Å². The number of ketones is 1. The van der Waals surface area contributed by atoms with Crippen LogP contribution in [0.25, 0.3) is 0 Å². The molecule has 26 heavy (non-hydrogen) atoms. The highest BCUT2D eigenvalue weighted by molar-refractivity contribution is 5.80. The van der Waals surface area contributed by atoms with Crippen LogP contribution in [0, 0.1) is 5.92 Å². The standard InChI is InChI=1S/C22H32O4/c1-14(23)6-4-5-9-22(2,3)16-10-19(25)21-18-12-17(24)8-7-15(18)13-26-20(21)11-16/h10-11,14-15,18,23,25H,4-9,12-13H2,1-3H3/t14?,15-,18-/m1/s1. The number of Topliss-reactive ketones (excluding diaryl/α,β-unsaturated/α-hetero) is 1. The Labute approximate surface area is 156 Å². The Bertz CT molecular complexity index is 662. The lowest BCUT2D eigenvalue weighted by atomic mass is 9.72. The Balaban J connectivity index is 1.79. The van der Waals surface area contributed by atoms with Crippen LogP contribution in [0.5, 0.6) is 11.5 Å². The second kappa shape index (κ2) is 7.59. The van der Waals surface area contributed by atoms with Crippen LogP contribution < -0.4 is 4.74 Å².